The van der Waals surface area contributed by atoms with Gasteiger partial charge in [-0.15, -0.1) is 5.92 Å². The van der Waals surface area contributed by atoms with Gasteiger partial charge >= 0.3 is 5.97 Å². The number of morpholine rings is 1. The van der Waals surface area contributed by atoms with Crippen LogP contribution < -0.4 is 4.90 Å². The van der Waals surface area contributed by atoms with Crippen LogP contribution in [0.25, 0.3) is 0 Å². The summed E-state index contributed by atoms with van der Waals surface area (Å²) in [5.74, 6) is 7.34. The second-order valence-electron chi connectivity index (χ2n) is 13.2. The Kier molecular flexibility index (Phi) is 7.68. The fraction of sp³-hybridized carbons (Fsp3) is 0.583. The number of benzene rings is 1. The zero-order chi connectivity index (χ0) is 29.6. The summed E-state index contributed by atoms with van der Waals surface area (Å²) < 4.78 is 10.8. The minimum atomic E-state index is -0.855. The zero-order valence-electron chi connectivity index (χ0n) is 25.5. The molecule has 1 heterocycles. The van der Waals surface area contributed by atoms with Crippen LogP contribution in [0.3, 0.4) is 0 Å². The van der Waals surface area contributed by atoms with Crippen LogP contribution in [0.15, 0.2) is 47.1 Å². The molecule has 5 aliphatic rings. The van der Waals surface area contributed by atoms with Crippen molar-refractivity contribution in [1.82, 2.24) is 0 Å². The predicted molar refractivity (Wildman–Crippen MR) is 162 cm³/mol. The van der Waals surface area contributed by atoms with E-state index < -0.39 is 11.4 Å². The maximum Gasteiger partial charge on any atom is 0.303 e. The van der Waals surface area contributed by atoms with Gasteiger partial charge in [0.25, 0.3) is 0 Å². The number of allylic oxidation sites excluding steroid dienone is 4. The molecule has 0 radical (unpaired) electrons. The molecule has 0 N–H and O–H groups in total. The third-order valence-electron chi connectivity index (χ3n) is 11.2. The standard InChI is InChI=1S/C36H43NO5/c1-5-13-36(33(40)22-42-24(3)38)14-12-32-30-19-23(2)29-20-27(39)10-11-28(29)34(30)31(21-35(32,36)4)25-6-8-26(9-7-25)37-15-17-41-18-16-37/h6-9,20,23,30-32H,10-12,14-19,21-22H2,1-4H3/t23?,30-,31?,32-,35-,36+/m0/s1. The van der Waals surface area contributed by atoms with Gasteiger partial charge in [0.2, 0.25) is 0 Å². The van der Waals surface area contributed by atoms with Crippen LogP contribution in [0.2, 0.25) is 0 Å². The summed E-state index contributed by atoms with van der Waals surface area (Å²) in [6, 6.07) is 9.03. The van der Waals surface area contributed by atoms with E-state index in [2.05, 4.69) is 54.9 Å². The molecule has 42 heavy (non-hydrogen) atoms. The number of Topliss-reactive ketones (excluding diaryl/α,β-unsaturated/α-hetero) is 1. The molecule has 1 aromatic rings. The average molecular weight is 570 g/mol. The molecule has 1 aliphatic heterocycles. The van der Waals surface area contributed by atoms with Crippen molar-refractivity contribution in [2.24, 2.45) is 28.6 Å². The molecule has 0 amide bonds. The van der Waals surface area contributed by atoms with E-state index in [9.17, 15) is 14.4 Å². The number of carbonyl (C=O) groups excluding carboxylic acids is 3. The summed E-state index contributed by atoms with van der Waals surface area (Å²) in [5.41, 5.74) is 5.38. The molecule has 6 atom stereocenters. The van der Waals surface area contributed by atoms with Crippen molar-refractivity contribution in [3.63, 3.8) is 0 Å². The van der Waals surface area contributed by atoms with Gasteiger partial charge in [0.05, 0.1) is 18.6 Å². The first-order valence-electron chi connectivity index (χ1n) is 15.7. The van der Waals surface area contributed by atoms with Gasteiger partial charge in [-0.3, -0.25) is 14.4 Å². The smallest absolute Gasteiger partial charge is 0.303 e. The SMILES string of the molecule is CC#C[C@]1(C(=O)COC(C)=O)CC[C@H]2[C@@H]3CC(C)C4=CC(=O)CCC4=C3C(c3ccc(N4CCOCC4)cc3)C[C@@]21C. The number of esters is 1. The lowest BCUT2D eigenvalue weighted by Crippen LogP contribution is -2.52. The van der Waals surface area contributed by atoms with Crippen LogP contribution in [0.4, 0.5) is 5.69 Å². The Morgan fingerprint density at radius 1 is 1.14 bits per heavy atom. The van der Waals surface area contributed by atoms with E-state index in [-0.39, 0.29) is 29.5 Å². The lowest BCUT2D eigenvalue weighted by atomic mass is 9.47. The Bertz CT molecular complexity index is 1400. The van der Waals surface area contributed by atoms with Crippen molar-refractivity contribution >= 4 is 23.2 Å². The van der Waals surface area contributed by atoms with Crippen molar-refractivity contribution in [3.8, 4) is 11.8 Å². The second kappa shape index (κ2) is 11.2. The second-order valence-corrected chi connectivity index (χ2v) is 13.2. The van der Waals surface area contributed by atoms with Gasteiger partial charge in [-0.2, -0.15) is 0 Å². The van der Waals surface area contributed by atoms with E-state index in [1.165, 1.54) is 34.9 Å². The van der Waals surface area contributed by atoms with Crippen LogP contribution in [0, 0.1) is 40.4 Å². The number of anilines is 1. The predicted octanol–water partition coefficient (Wildman–Crippen LogP) is 5.81. The number of rotatable bonds is 5. The number of carbonyl (C=O) groups is 3. The van der Waals surface area contributed by atoms with E-state index in [1.54, 1.807) is 0 Å². The van der Waals surface area contributed by atoms with E-state index >= 15 is 0 Å². The molecule has 0 bridgehead atoms. The Labute approximate surface area is 249 Å². The van der Waals surface area contributed by atoms with Crippen LogP contribution in [-0.4, -0.2) is 50.4 Å². The molecule has 0 spiro atoms. The van der Waals surface area contributed by atoms with E-state index in [1.807, 2.05) is 13.0 Å². The Morgan fingerprint density at radius 2 is 1.88 bits per heavy atom. The Hall–Kier alpha value is -3.17. The molecule has 0 aromatic heterocycles. The molecule has 222 valence electrons. The van der Waals surface area contributed by atoms with Gasteiger partial charge in [-0.1, -0.05) is 37.5 Å². The van der Waals surface area contributed by atoms with Crippen molar-refractivity contribution in [1.29, 1.82) is 0 Å². The van der Waals surface area contributed by atoms with Gasteiger partial charge in [0, 0.05) is 38.0 Å². The minimum Gasteiger partial charge on any atom is -0.458 e. The number of hydrogen-bond donors (Lipinski definition) is 0. The summed E-state index contributed by atoms with van der Waals surface area (Å²) in [5, 5.41) is 0. The molecule has 3 fully saturated rings. The highest BCUT2D eigenvalue weighted by Gasteiger charge is 2.65. The Balaban J connectivity index is 1.47. The van der Waals surface area contributed by atoms with Crippen LogP contribution in [0.1, 0.15) is 77.7 Å². The van der Waals surface area contributed by atoms with Gasteiger partial charge in [0.15, 0.2) is 18.2 Å². The Morgan fingerprint density at radius 3 is 2.57 bits per heavy atom. The molecule has 1 aromatic carbocycles. The number of fused-ring (bicyclic) bond motifs is 4. The van der Waals surface area contributed by atoms with Gasteiger partial charge in [-0.05, 0) is 97.1 Å². The van der Waals surface area contributed by atoms with E-state index in [0.717, 1.165) is 52.0 Å². The van der Waals surface area contributed by atoms with Crippen molar-refractivity contribution in [2.45, 2.75) is 72.1 Å². The van der Waals surface area contributed by atoms with Gasteiger partial charge < -0.3 is 14.4 Å². The van der Waals surface area contributed by atoms with Crippen molar-refractivity contribution in [2.75, 3.05) is 37.8 Å². The maximum atomic E-state index is 14.0. The molecular formula is C36H43NO5. The molecule has 6 heteroatoms. The molecule has 2 saturated carbocycles. The number of ether oxygens (including phenoxy) is 2. The third kappa shape index (κ3) is 4.65. The quantitative estimate of drug-likeness (QED) is 0.329. The van der Waals surface area contributed by atoms with Crippen LogP contribution in [-0.2, 0) is 23.9 Å². The summed E-state index contributed by atoms with van der Waals surface area (Å²) in [6.45, 7) is 10.8. The van der Waals surface area contributed by atoms with Gasteiger partial charge in [-0.25, -0.2) is 0 Å². The van der Waals surface area contributed by atoms with Crippen LogP contribution in [0.5, 0.6) is 0 Å². The first-order valence-corrected chi connectivity index (χ1v) is 15.7. The van der Waals surface area contributed by atoms with E-state index in [4.69, 9.17) is 9.47 Å². The first kappa shape index (κ1) is 28.9. The van der Waals surface area contributed by atoms with Crippen molar-refractivity contribution in [3.05, 3.63) is 52.6 Å². The van der Waals surface area contributed by atoms with Gasteiger partial charge in [0.1, 0.15) is 0 Å². The molecule has 2 unspecified atom stereocenters. The molecule has 1 saturated heterocycles. The van der Waals surface area contributed by atoms with E-state index in [0.29, 0.717) is 30.6 Å². The topological polar surface area (TPSA) is 72.9 Å². The fourth-order valence-corrected chi connectivity index (χ4v) is 9.25. The normalized spacial score (nSPS) is 34.0. The highest BCUT2D eigenvalue weighted by Crippen LogP contribution is 2.70. The maximum absolute atomic E-state index is 14.0. The summed E-state index contributed by atoms with van der Waals surface area (Å²) >= 11 is 0. The minimum absolute atomic E-state index is 0.0673. The highest BCUT2D eigenvalue weighted by atomic mass is 16.5. The molecule has 6 nitrogen and oxygen atoms in total. The largest absolute Gasteiger partial charge is 0.458 e. The lowest BCUT2D eigenvalue weighted by Gasteiger charge is -2.55. The highest BCUT2D eigenvalue weighted by molar-refractivity contribution is 5.93. The first-order chi connectivity index (χ1) is 20.2. The average Bonchev–Trinajstić information content (AvgIpc) is 3.29. The number of ketones is 2. The summed E-state index contributed by atoms with van der Waals surface area (Å²) in [7, 11) is 0. The summed E-state index contributed by atoms with van der Waals surface area (Å²) in [4.78, 5) is 40.6. The summed E-state index contributed by atoms with van der Waals surface area (Å²) in [6.07, 6.45) is 6.69. The molecular weight excluding hydrogens is 526 g/mol. The number of hydrogen-bond acceptors (Lipinski definition) is 6. The lowest BCUT2D eigenvalue weighted by molar-refractivity contribution is -0.150. The zero-order valence-corrected chi connectivity index (χ0v) is 25.5. The number of nitrogens with zero attached hydrogens (tertiary/aromatic N) is 1. The van der Waals surface area contributed by atoms with Crippen molar-refractivity contribution < 1.29 is 23.9 Å². The monoisotopic (exact) mass is 569 g/mol. The third-order valence-corrected chi connectivity index (χ3v) is 11.2. The molecule has 6 rings (SSSR count). The fourth-order valence-electron chi connectivity index (χ4n) is 9.25. The molecule has 4 aliphatic carbocycles. The van der Waals surface area contributed by atoms with Crippen LogP contribution >= 0.6 is 0 Å².